The van der Waals surface area contributed by atoms with Crippen LogP contribution in [-0.2, 0) is 9.53 Å². The zero-order valence-corrected chi connectivity index (χ0v) is 10.9. The first-order valence-corrected chi connectivity index (χ1v) is 6.38. The summed E-state index contributed by atoms with van der Waals surface area (Å²) < 4.78 is 5.55. The van der Waals surface area contributed by atoms with E-state index in [-0.39, 0.29) is 17.3 Å². The maximum Gasteiger partial charge on any atom is 0.410 e. The second-order valence-corrected chi connectivity index (χ2v) is 5.71. The third kappa shape index (κ3) is 2.05. The van der Waals surface area contributed by atoms with Crippen LogP contribution in [-0.4, -0.2) is 35.5 Å². The van der Waals surface area contributed by atoms with Gasteiger partial charge in [-0.25, -0.2) is 4.79 Å². The molecule has 2 aliphatic rings. The Morgan fingerprint density at radius 3 is 2.18 bits per heavy atom. The van der Waals surface area contributed by atoms with Gasteiger partial charge in [-0.15, -0.1) is 0 Å². The van der Waals surface area contributed by atoms with Crippen LogP contribution in [0.5, 0.6) is 0 Å². The van der Waals surface area contributed by atoms with E-state index in [2.05, 4.69) is 0 Å². The number of amides is 1. The lowest BCUT2D eigenvalue weighted by atomic mass is 9.84. The molecule has 0 aromatic rings. The van der Waals surface area contributed by atoms with Crippen molar-refractivity contribution < 1.29 is 14.3 Å². The molecule has 0 N–H and O–H groups in total. The van der Waals surface area contributed by atoms with E-state index in [1.807, 2.05) is 6.92 Å². The van der Waals surface area contributed by atoms with E-state index < -0.39 is 5.60 Å². The summed E-state index contributed by atoms with van der Waals surface area (Å²) in [5.74, 6) is -0.0509. The van der Waals surface area contributed by atoms with Crippen LogP contribution in [0.15, 0.2) is 0 Å². The molecule has 4 nitrogen and oxygen atoms in total. The van der Waals surface area contributed by atoms with E-state index >= 15 is 0 Å². The van der Waals surface area contributed by atoms with Crippen LogP contribution in [0.25, 0.3) is 0 Å². The van der Waals surface area contributed by atoms with Crippen LogP contribution in [0, 0.1) is 5.41 Å². The highest BCUT2D eigenvalue weighted by Crippen LogP contribution is 2.55. The van der Waals surface area contributed by atoms with Gasteiger partial charge in [-0.1, -0.05) is 6.92 Å². The largest absolute Gasteiger partial charge is 0.434 e. The van der Waals surface area contributed by atoms with Crippen molar-refractivity contribution in [2.45, 2.75) is 52.1 Å². The Morgan fingerprint density at radius 1 is 1.24 bits per heavy atom. The third-order valence-electron chi connectivity index (χ3n) is 4.48. The van der Waals surface area contributed by atoms with Gasteiger partial charge in [-0.3, -0.25) is 4.79 Å². The van der Waals surface area contributed by atoms with Crippen LogP contribution in [0.3, 0.4) is 0 Å². The average molecular weight is 239 g/mol. The van der Waals surface area contributed by atoms with Crippen molar-refractivity contribution in [1.82, 2.24) is 4.90 Å². The molecule has 1 amide bonds. The molecule has 1 aliphatic heterocycles. The Labute approximate surface area is 102 Å². The Hall–Kier alpha value is -1.06. The van der Waals surface area contributed by atoms with Gasteiger partial charge >= 0.3 is 6.09 Å². The summed E-state index contributed by atoms with van der Waals surface area (Å²) in [6.07, 6.45) is 3.65. The number of nitrogens with zero attached hydrogens (tertiary/aromatic N) is 1. The molecule has 0 aromatic carbocycles. The van der Waals surface area contributed by atoms with Crippen molar-refractivity contribution in [3.8, 4) is 0 Å². The van der Waals surface area contributed by atoms with Gasteiger partial charge in [-0.2, -0.15) is 0 Å². The molecule has 96 valence electrons. The fourth-order valence-corrected chi connectivity index (χ4v) is 2.42. The van der Waals surface area contributed by atoms with Crippen LogP contribution in [0.2, 0.25) is 0 Å². The number of rotatable bonds is 3. The quantitative estimate of drug-likeness (QED) is 0.759. The zero-order valence-electron chi connectivity index (χ0n) is 10.9. The molecular weight excluding hydrogens is 218 g/mol. The Morgan fingerprint density at radius 2 is 1.76 bits per heavy atom. The summed E-state index contributed by atoms with van der Waals surface area (Å²) in [6.45, 7) is 6.80. The van der Waals surface area contributed by atoms with Crippen molar-refractivity contribution >= 4 is 11.9 Å². The summed E-state index contributed by atoms with van der Waals surface area (Å²) in [5, 5.41) is 0. The van der Waals surface area contributed by atoms with E-state index in [9.17, 15) is 9.59 Å². The average Bonchev–Trinajstić information content (AvgIpc) is 2.84. The van der Waals surface area contributed by atoms with Crippen molar-refractivity contribution in [3.63, 3.8) is 0 Å². The number of likely N-dealkylation sites (tertiary alicyclic amines) is 1. The molecule has 0 bridgehead atoms. The lowest BCUT2D eigenvalue weighted by Gasteiger charge is -2.34. The summed E-state index contributed by atoms with van der Waals surface area (Å²) in [7, 11) is 0. The first-order chi connectivity index (χ1) is 7.89. The van der Waals surface area contributed by atoms with Crippen LogP contribution in [0.4, 0.5) is 4.79 Å². The minimum absolute atomic E-state index is 0.0509. The van der Waals surface area contributed by atoms with Gasteiger partial charge in [0, 0.05) is 18.5 Å². The van der Waals surface area contributed by atoms with Gasteiger partial charge in [0.2, 0.25) is 0 Å². The zero-order chi connectivity index (χ0) is 12.7. The van der Waals surface area contributed by atoms with Gasteiger partial charge < -0.3 is 9.64 Å². The minimum Gasteiger partial charge on any atom is -0.434 e. The Kier molecular flexibility index (Phi) is 2.92. The molecule has 17 heavy (non-hydrogen) atoms. The monoisotopic (exact) mass is 239 g/mol. The molecule has 0 radical (unpaired) electrons. The highest BCUT2D eigenvalue weighted by Gasteiger charge is 2.59. The molecule has 0 spiro atoms. The normalized spacial score (nSPS) is 25.2. The van der Waals surface area contributed by atoms with Gasteiger partial charge in [0.15, 0.2) is 11.4 Å². The van der Waals surface area contributed by atoms with Gasteiger partial charge in [-0.05, 0) is 39.5 Å². The Bertz CT molecular complexity index is 343. The van der Waals surface area contributed by atoms with Gasteiger partial charge in [0.25, 0.3) is 0 Å². The number of hydrogen-bond donors (Lipinski definition) is 0. The first kappa shape index (κ1) is 12.4. The molecule has 4 heteroatoms. The van der Waals surface area contributed by atoms with Gasteiger partial charge in [0.1, 0.15) is 0 Å². The second-order valence-electron chi connectivity index (χ2n) is 5.71. The maximum atomic E-state index is 12.0. The standard InChI is InChI=1S/C13H21NO3/c1-10(15)13(3,12(2)6-7-12)17-11(16)14-8-4-5-9-14/h4-9H2,1-3H3/t13-/m0/s1. The lowest BCUT2D eigenvalue weighted by molar-refractivity contribution is -0.141. The van der Waals surface area contributed by atoms with E-state index in [0.29, 0.717) is 0 Å². The molecule has 1 saturated heterocycles. The van der Waals surface area contributed by atoms with Crippen molar-refractivity contribution in [2.75, 3.05) is 13.1 Å². The Balaban J connectivity index is 2.08. The molecule has 2 fully saturated rings. The third-order valence-corrected chi connectivity index (χ3v) is 4.48. The van der Waals surface area contributed by atoms with Crippen molar-refractivity contribution in [1.29, 1.82) is 0 Å². The van der Waals surface area contributed by atoms with E-state index in [0.717, 1.165) is 38.8 Å². The molecule has 1 saturated carbocycles. The molecule has 1 heterocycles. The fraction of sp³-hybridized carbons (Fsp3) is 0.846. The van der Waals surface area contributed by atoms with Gasteiger partial charge in [0.05, 0.1) is 0 Å². The van der Waals surface area contributed by atoms with Crippen molar-refractivity contribution in [2.24, 2.45) is 5.41 Å². The molecule has 2 rings (SSSR count). The van der Waals surface area contributed by atoms with E-state index in [4.69, 9.17) is 4.74 Å². The minimum atomic E-state index is -0.952. The maximum absolute atomic E-state index is 12.0. The predicted molar refractivity (Wildman–Crippen MR) is 63.7 cm³/mol. The number of carbonyl (C=O) groups is 2. The van der Waals surface area contributed by atoms with Crippen LogP contribution in [0.1, 0.15) is 46.5 Å². The molecular formula is C13H21NO3. The molecule has 0 aromatic heterocycles. The summed E-state index contributed by atoms with van der Waals surface area (Å²) in [4.78, 5) is 25.5. The number of ketones is 1. The smallest absolute Gasteiger partial charge is 0.410 e. The van der Waals surface area contributed by atoms with Crippen molar-refractivity contribution in [3.05, 3.63) is 0 Å². The van der Waals surface area contributed by atoms with E-state index in [1.54, 1.807) is 11.8 Å². The summed E-state index contributed by atoms with van der Waals surface area (Å²) >= 11 is 0. The number of ether oxygens (including phenoxy) is 1. The first-order valence-electron chi connectivity index (χ1n) is 6.38. The lowest BCUT2D eigenvalue weighted by Crippen LogP contribution is -2.48. The predicted octanol–water partition coefficient (Wildman–Crippen LogP) is 2.37. The van der Waals surface area contributed by atoms with Crippen LogP contribution < -0.4 is 0 Å². The van der Waals surface area contributed by atoms with Crippen LogP contribution >= 0.6 is 0 Å². The number of hydrogen-bond acceptors (Lipinski definition) is 3. The topological polar surface area (TPSA) is 46.6 Å². The highest BCUT2D eigenvalue weighted by atomic mass is 16.6. The van der Waals surface area contributed by atoms with E-state index in [1.165, 1.54) is 6.92 Å². The number of Topliss-reactive ketones (excluding diaryl/α,β-unsaturated/α-hetero) is 1. The molecule has 1 atom stereocenters. The summed E-state index contributed by atoms with van der Waals surface area (Å²) in [5.41, 5.74) is -1.11. The molecule has 0 unspecified atom stereocenters. The fourth-order valence-electron chi connectivity index (χ4n) is 2.42. The number of carbonyl (C=O) groups excluding carboxylic acids is 2. The summed E-state index contributed by atoms with van der Waals surface area (Å²) in [6, 6.07) is 0. The molecule has 1 aliphatic carbocycles. The second kappa shape index (κ2) is 4.00. The SMILES string of the molecule is CC(=O)[C@](C)(OC(=O)N1CCCC1)C1(C)CC1. The highest BCUT2D eigenvalue weighted by molar-refractivity contribution is 5.88.